The molecule has 0 heterocycles. The van der Waals surface area contributed by atoms with Crippen LogP contribution in [-0.2, 0) is 6.42 Å². The summed E-state index contributed by atoms with van der Waals surface area (Å²) >= 11 is 9.57. The van der Waals surface area contributed by atoms with Crippen molar-refractivity contribution < 1.29 is 8.78 Å². The fourth-order valence-electron chi connectivity index (χ4n) is 2.23. The summed E-state index contributed by atoms with van der Waals surface area (Å²) in [4.78, 5) is 0. The highest BCUT2D eigenvalue weighted by Crippen LogP contribution is 2.27. The molecule has 0 spiro atoms. The number of halogens is 4. The largest absolute Gasteiger partial charge is 0.310 e. The van der Waals surface area contributed by atoms with E-state index < -0.39 is 11.6 Å². The molecule has 2 aromatic rings. The van der Waals surface area contributed by atoms with Crippen LogP contribution in [0.15, 0.2) is 40.9 Å². The summed E-state index contributed by atoms with van der Waals surface area (Å²) in [5.41, 5.74) is 1.35. The van der Waals surface area contributed by atoms with Crippen LogP contribution in [0.3, 0.4) is 0 Å². The fourth-order valence-corrected chi connectivity index (χ4v) is 2.98. The molecule has 1 atom stereocenters. The van der Waals surface area contributed by atoms with Gasteiger partial charge in [-0.15, -0.1) is 0 Å². The second-order valence-corrected chi connectivity index (χ2v) is 6.04. The van der Waals surface area contributed by atoms with Gasteiger partial charge in [0.1, 0.15) is 11.6 Å². The first-order chi connectivity index (χ1) is 10.0. The first kappa shape index (κ1) is 16.4. The van der Waals surface area contributed by atoms with Crippen molar-refractivity contribution in [2.75, 3.05) is 6.54 Å². The van der Waals surface area contributed by atoms with Crippen molar-refractivity contribution in [1.82, 2.24) is 5.32 Å². The third kappa shape index (κ3) is 4.25. The summed E-state index contributed by atoms with van der Waals surface area (Å²) in [6, 6.07) is 9.00. The number of likely N-dealkylation sites (N-methyl/N-ethyl adjacent to an activating group) is 1. The van der Waals surface area contributed by atoms with E-state index in [-0.39, 0.29) is 6.04 Å². The van der Waals surface area contributed by atoms with E-state index in [9.17, 15) is 8.78 Å². The van der Waals surface area contributed by atoms with Gasteiger partial charge in [0, 0.05) is 27.2 Å². The molecule has 0 saturated heterocycles. The molecule has 21 heavy (non-hydrogen) atoms. The Kier molecular flexibility index (Phi) is 5.73. The molecule has 2 aromatic carbocycles. The Labute approximate surface area is 136 Å². The van der Waals surface area contributed by atoms with Crippen molar-refractivity contribution in [2.24, 2.45) is 0 Å². The molecule has 0 amide bonds. The molecule has 5 heteroatoms. The maximum atomic E-state index is 14.0. The molecule has 112 valence electrons. The molecular formula is C16H15BrClF2N. The minimum atomic E-state index is -0.576. The van der Waals surface area contributed by atoms with Crippen LogP contribution < -0.4 is 5.32 Å². The first-order valence-electron chi connectivity index (χ1n) is 6.63. The van der Waals surface area contributed by atoms with Gasteiger partial charge >= 0.3 is 0 Å². The summed E-state index contributed by atoms with van der Waals surface area (Å²) < 4.78 is 27.9. The van der Waals surface area contributed by atoms with Gasteiger partial charge in [-0.25, -0.2) is 8.78 Å². The van der Waals surface area contributed by atoms with Crippen LogP contribution in [0, 0.1) is 11.6 Å². The standard InChI is InChI=1S/C16H15BrClF2N/c1-2-21-16(13-6-5-12(19)9-15(13)20)7-10-3-4-11(17)8-14(10)18/h3-6,8-9,16,21H,2,7H2,1H3. The molecule has 0 bridgehead atoms. The van der Waals surface area contributed by atoms with Crippen LogP contribution in [0.2, 0.25) is 5.02 Å². The molecule has 0 radical (unpaired) electrons. The third-order valence-corrected chi connectivity index (χ3v) is 4.07. The lowest BCUT2D eigenvalue weighted by Gasteiger charge is -2.20. The lowest BCUT2D eigenvalue weighted by molar-refractivity contribution is 0.502. The molecule has 0 aliphatic carbocycles. The van der Waals surface area contributed by atoms with Crippen molar-refractivity contribution in [2.45, 2.75) is 19.4 Å². The highest BCUT2D eigenvalue weighted by molar-refractivity contribution is 9.10. The Morgan fingerprint density at radius 2 is 1.95 bits per heavy atom. The van der Waals surface area contributed by atoms with E-state index >= 15 is 0 Å². The number of nitrogens with one attached hydrogen (secondary N) is 1. The summed E-state index contributed by atoms with van der Waals surface area (Å²) in [5, 5.41) is 3.84. The van der Waals surface area contributed by atoms with Crippen molar-refractivity contribution in [3.8, 4) is 0 Å². The Hall–Kier alpha value is -0.970. The van der Waals surface area contributed by atoms with Crippen molar-refractivity contribution >= 4 is 27.5 Å². The Bertz CT molecular complexity index is 634. The maximum absolute atomic E-state index is 14.0. The SMILES string of the molecule is CCNC(Cc1ccc(Br)cc1Cl)c1ccc(F)cc1F. The van der Waals surface area contributed by atoms with Crippen molar-refractivity contribution in [3.63, 3.8) is 0 Å². The molecular weight excluding hydrogens is 360 g/mol. The van der Waals surface area contributed by atoms with E-state index in [2.05, 4.69) is 21.2 Å². The number of rotatable bonds is 5. The van der Waals surface area contributed by atoms with Crippen molar-refractivity contribution in [3.05, 3.63) is 68.7 Å². The molecule has 0 aliphatic rings. The topological polar surface area (TPSA) is 12.0 Å². The minimum absolute atomic E-state index is 0.255. The second kappa shape index (κ2) is 7.34. The van der Waals surface area contributed by atoms with Crippen LogP contribution in [-0.4, -0.2) is 6.54 Å². The average molecular weight is 375 g/mol. The van der Waals surface area contributed by atoms with Gasteiger partial charge in [-0.2, -0.15) is 0 Å². The number of hydrogen-bond donors (Lipinski definition) is 1. The van der Waals surface area contributed by atoms with Gasteiger partial charge in [-0.1, -0.05) is 46.6 Å². The Morgan fingerprint density at radius 1 is 1.19 bits per heavy atom. The van der Waals surface area contributed by atoms with E-state index in [1.165, 1.54) is 12.1 Å². The summed E-state index contributed by atoms with van der Waals surface area (Å²) in [6.45, 7) is 2.62. The zero-order chi connectivity index (χ0) is 15.4. The van der Waals surface area contributed by atoms with Crippen LogP contribution in [0.25, 0.3) is 0 Å². The summed E-state index contributed by atoms with van der Waals surface area (Å²) in [6.07, 6.45) is 0.530. The number of hydrogen-bond acceptors (Lipinski definition) is 1. The maximum Gasteiger partial charge on any atom is 0.130 e. The van der Waals surface area contributed by atoms with Gasteiger partial charge in [0.2, 0.25) is 0 Å². The molecule has 0 fully saturated rings. The summed E-state index contributed by atoms with van der Waals surface area (Å²) in [5.74, 6) is -1.12. The number of benzene rings is 2. The van der Waals surface area contributed by atoms with Gasteiger partial charge in [-0.05, 0) is 36.7 Å². The molecule has 1 nitrogen and oxygen atoms in total. The van der Waals surface area contributed by atoms with E-state index in [0.717, 1.165) is 16.1 Å². The van der Waals surface area contributed by atoms with Crippen LogP contribution in [0.5, 0.6) is 0 Å². The predicted octanol–water partition coefficient (Wildman–Crippen LogP) is 5.27. The molecule has 2 rings (SSSR count). The highest BCUT2D eigenvalue weighted by Gasteiger charge is 2.17. The zero-order valence-electron chi connectivity index (χ0n) is 11.5. The lowest BCUT2D eigenvalue weighted by atomic mass is 9.98. The van der Waals surface area contributed by atoms with Gasteiger partial charge in [0.05, 0.1) is 0 Å². The van der Waals surface area contributed by atoms with E-state index in [1.807, 2.05) is 19.1 Å². The van der Waals surface area contributed by atoms with Gasteiger partial charge in [-0.3, -0.25) is 0 Å². The monoisotopic (exact) mass is 373 g/mol. The smallest absolute Gasteiger partial charge is 0.130 e. The quantitative estimate of drug-likeness (QED) is 0.751. The van der Waals surface area contributed by atoms with Crippen LogP contribution in [0.4, 0.5) is 8.78 Å². The van der Waals surface area contributed by atoms with Gasteiger partial charge in [0.15, 0.2) is 0 Å². The summed E-state index contributed by atoms with van der Waals surface area (Å²) in [7, 11) is 0. The molecule has 1 N–H and O–H groups in total. The zero-order valence-corrected chi connectivity index (χ0v) is 13.8. The normalized spacial score (nSPS) is 12.4. The highest BCUT2D eigenvalue weighted by atomic mass is 79.9. The average Bonchev–Trinajstić information content (AvgIpc) is 2.41. The van der Waals surface area contributed by atoms with E-state index in [0.29, 0.717) is 23.6 Å². The molecule has 0 saturated carbocycles. The van der Waals surface area contributed by atoms with Crippen LogP contribution >= 0.6 is 27.5 Å². The lowest BCUT2D eigenvalue weighted by Crippen LogP contribution is -2.24. The Morgan fingerprint density at radius 3 is 2.57 bits per heavy atom. The molecule has 1 unspecified atom stereocenters. The minimum Gasteiger partial charge on any atom is -0.310 e. The molecule has 0 aromatic heterocycles. The van der Waals surface area contributed by atoms with E-state index in [1.54, 1.807) is 6.07 Å². The third-order valence-electron chi connectivity index (χ3n) is 3.23. The second-order valence-electron chi connectivity index (χ2n) is 4.72. The Balaban J connectivity index is 2.30. The van der Waals surface area contributed by atoms with Crippen molar-refractivity contribution in [1.29, 1.82) is 0 Å². The van der Waals surface area contributed by atoms with E-state index in [4.69, 9.17) is 11.6 Å². The fraction of sp³-hybridized carbons (Fsp3) is 0.250. The van der Waals surface area contributed by atoms with Crippen LogP contribution in [0.1, 0.15) is 24.1 Å². The van der Waals surface area contributed by atoms with Gasteiger partial charge in [0.25, 0.3) is 0 Å². The molecule has 0 aliphatic heterocycles. The van der Waals surface area contributed by atoms with Gasteiger partial charge < -0.3 is 5.32 Å². The first-order valence-corrected chi connectivity index (χ1v) is 7.80. The predicted molar refractivity (Wildman–Crippen MR) is 85.6 cm³/mol.